The van der Waals surface area contributed by atoms with Gasteiger partial charge in [0, 0.05) is 29.6 Å². The maximum absolute atomic E-state index is 12.5. The SMILES string of the molecule is CC(C)C[C@H]1C[C@@H](NC(=O)c2ccccc2)C[C@@H](c2nccs2)O1. The van der Waals surface area contributed by atoms with E-state index < -0.39 is 0 Å². The normalized spacial score (nSPS) is 24.0. The van der Waals surface area contributed by atoms with Crippen molar-refractivity contribution >= 4 is 17.2 Å². The van der Waals surface area contributed by atoms with Crippen molar-refractivity contribution in [3.63, 3.8) is 0 Å². The number of amides is 1. The average Bonchev–Trinajstić information content (AvgIpc) is 3.09. The zero-order valence-corrected chi connectivity index (χ0v) is 15.0. The number of hydrogen-bond donors (Lipinski definition) is 1. The quantitative estimate of drug-likeness (QED) is 0.884. The molecule has 1 aromatic heterocycles. The van der Waals surface area contributed by atoms with Crippen molar-refractivity contribution in [3.05, 3.63) is 52.5 Å². The number of rotatable bonds is 5. The summed E-state index contributed by atoms with van der Waals surface area (Å²) in [4.78, 5) is 16.9. The maximum Gasteiger partial charge on any atom is 0.251 e. The molecular formula is C19H24N2O2S. The van der Waals surface area contributed by atoms with E-state index in [0.29, 0.717) is 11.5 Å². The van der Waals surface area contributed by atoms with Crippen LogP contribution < -0.4 is 5.32 Å². The molecule has 2 heterocycles. The Hall–Kier alpha value is -1.72. The van der Waals surface area contributed by atoms with Gasteiger partial charge in [0.1, 0.15) is 11.1 Å². The summed E-state index contributed by atoms with van der Waals surface area (Å²) in [6.45, 7) is 4.40. The van der Waals surface area contributed by atoms with Crippen molar-refractivity contribution in [3.8, 4) is 0 Å². The molecule has 0 saturated carbocycles. The van der Waals surface area contributed by atoms with Gasteiger partial charge in [-0.2, -0.15) is 0 Å². The molecule has 3 rings (SSSR count). The van der Waals surface area contributed by atoms with Crippen molar-refractivity contribution in [1.29, 1.82) is 0 Å². The van der Waals surface area contributed by atoms with Crippen molar-refractivity contribution in [2.75, 3.05) is 0 Å². The van der Waals surface area contributed by atoms with E-state index in [9.17, 15) is 4.79 Å². The Kier molecular flexibility index (Phi) is 5.63. The topological polar surface area (TPSA) is 51.2 Å². The van der Waals surface area contributed by atoms with E-state index >= 15 is 0 Å². The standard InChI is InChI=1S/C19H24N2O2S/c1-13(2)10-16-11-15(12-17(23-16)19-20-8-9-24-19)21-18(22)14-6-4-3-5-7-14/h3-9,13,15-17H,10-12H2,1-2H3,(H,21,22)/t15-,16+,17+/m1/s1. The van der Waals surface area contributed by atoms with Gasteiger partial charge in [-0.1, -0.05) is 32.0 Å². The highest BCUT2D eigenvalue weighted by Gasteiger charge is 2.32. The van der Waals surface area contributed by atoms with Crippen LogP contribution >= 0.6 is 11.3 Å². The summed E-state index contributed by atoms with van der Waals surface area (Å²) in [6, 6.07) is 9.50. The molecule has 1 N–H and O–H groups in total. The van der Waals surface area contributed by atoms with E-state index in [1.807, 2.05) is 41.9 Å². The minimum Gasteiger partial charge on any atom is -0.368 e. The van der Waals surface area contributed by atoms with Gasteiger partial charge in [0.2, 0.25) is 0 Å². The highest BCUT2D eigenvalue weighted by Crippen LogP contribution is 2.34. The molecule has 0 aliphatic carbocycles. The van der Waals surface area contributed by atoms with Gasteiger partial charge >= 0.3 is 0 Å². The van der Waals surface area contributed by atoms with E-state index in [1.165, 1.54) is 0 Å². The van der Waals surface area contributed by atoms with Crippen LogP contribution in [-0.2, 0) is 4.74 Å². The fraction of sp³-hybridized carbons (Fsp3) is 0.474. The molecule has 1 aromatic carbocycles. The van der Waals surface area contributed by atoms with Crippen molar-refractivity contribution in [1.82, 2.24) is 10.3 Å². The van der Waals surface area contributed by atoms with Crippen LogP contribution in [-0.4, -0.2) is 23.0 Å². The number of thiazole rings is 1. The van der Waals surface area contributed by atoms with Crippen LogP contribution in [0.3, 0.4) is 0 Å². The smallest absolute Gasteiger partial charge is 0.251 e. The van der Waals surface area contributed by atoms with Crippen LogP contribution in [0.2, 0.25) is 0 Å². The number of aromatic nitrogens is 1. The highest BCUT2D eigenvalue weighted by molar-refractivity contribution is 7.09. The summed E-state index contributed by atoms with van der Waals surface area (Å²) in [5.74, 6) is 0.555. The first-order valence-corrected chi connectivity index (χ1v) is 9.40. The number of nitrogens with zero attached hydrogens (tertiary/aromatic N) is 1. The van der Waals surface area contributed by atoms with Crippen LogP contribution in [0.5, 0.6) is 0 Å². The van der Waals surface area contributed by atoms with Crippen molar-refractivity contribution in [2.45, 2.75) is 51.4 Å². The third-order valence-corrected chi connectivity index (χ3v) is 5.10. The second kappa shape index (κ2) is 7.90. The predicted molar refractivity (Wildman–Crippen MR) is 96.1 cm³/mol. The second-order valence-corrected chi connectivity index (χ2v) is 7.68. The van der Waals surface area contributed by atoms with E-state index in [4.69, 9.17) is 4.74 Å². The third kappa shape index (κ3) is 4.42. The molecule has 3 atom stereocenters. The summed E-state index contributed by atoms with van der Waals surface area (Å²) < 4.78 is 6.26. The largest absolute Gasteiger partial charge is 0.368 e. The number of ether oxygens (including phenoxy) is 1. The molecule has 128 valence electrons. The Morgan fingerprint density at radius 1 is 1.33 bits per heavy atom. The lowest BCUT2D eigenvalue weighted by Crippen LogP contribution is -2.43. The van der Waals surface area contributed by atoms with Crippen LogP contribution in [0.15, 0.2) is 41.9 Å². The average molecular weight is 344 g/mol. The minimum absolute atomic E-state index is 0.0105. The molecule has 5 heteroatoms. The van der Waals surface area contributed by atoms with Gasteiger partial charge in [-0.3, -0.25) is 4.79 Å². The molecule has 1 saturated heterocycles. The van der Waals surface area contributed by atoms with Gasteiger partial charge in [0.25, 0.3) is 5.91 Å². The molecule has 0 bridgehead atoms. The lowest BCUT2D eigenvalue weighted by atomic mass is 9.93. The molecule has 2 aromatic rings. The zero-order chi connectivity index (χ0) is 16.9. The highest BCUT2D eigenvalue weighted by atomic mass is 32.1. The molecule has 0 radical (unpaired) electrons. The number of nitrogens with one attached hydrogen (secondary N) is 1. The van der Waals surface area contributed by atoms with Gasteiger partial charge < -0.3 is 10.1 Å². The Morgan fingerprint density at radius 3 is 2.79 bits per heavy atom. The first kappa shape index (κ1) is 17.1. The summed E-state index contributed by atoms with van der Waals surface area (Å²) in [7, 11) is 0. The van der Waals surface area contributed by atoms with Gasteiger partial charge in [-0.25, -0.2) is 4.98 Å². The Bertz CT molecular complexity index is 643. The van der Waals surface area contributed by atoms with E-state index in [-0.39, 0.29) is 24.2 Å². The molecule has 0 spiro atoms. The Balaban J connectivity index is 1.70. The lowest BCUT2D eigenvalue weighted by Gasteiger charge is -2.35. The lowest BCUT2D eigenvalue weighted by molar-refractivity contribution is -0.0700. The summed E-state index contributed by atoms with van der Waals surface area (Å²) in [6.07, 6.45) is 4.59. The van der Waals surface area contributed by atoms with E-state index in [0.717, 1.165) is 24.3 Å². The monoisotopic (exact) mass is 344 g/mol. The predicted octanol–water partition coefficient (Wildman–Crippen LogP) is 4.21. The van der Waals surface area contributed by atoms with E-state index in [1.54, 1.807) is 11.3 Å². The molecule has 4 nitrogen and oxygen atoms in total. The Labute approximate surface area is 147 Å². The third-order valence-electron chi connectivity index (χ3n) is 4.24. The summed E-state index contributed by atoms with van der Waals surface area (Å²) in [5.41, 5.74) is 0.704. The zero-order valence-electron chi connectivity index (χ0n) is 14.1. The number of carbonyl (C=O) groups excluding carboxylic acids is 1. The Morgan fingerprint density at radius 2 is 2.12 bits per heavy atom. The van der Waals surface area contributed by atoms with Crippen LogP contribution in [0.25, 0.3) is 0 Å². The van der Waals surface area contributed by atoms with Crippen LogP contribution in [0.4, 0.5) is 0 Å². The molecule has 1 aliphatic rings. The first-order valence-electron chi connectivity index (χ1n) is 8.52. The summed E-state index contributed by atoms with van der Waals surface area (Å²) >= 11 is 1.62. The number of hydrogen-bond acceptors (Lipinski definition) is 4. The molecule has 1 aliphatic heterocycles. The van der Waals surface area contributed by atoms with Gasteiger partial charge in [0.05, 0.1) is 6.10 Å². The molecule has 1 fully saturated rings. The van der Waals surface area contributed by atoms with Crippen LogP contribution in [0.1, 0.15) is 54.6 Å². The van der Waals surface area contributed by atoms with Gasteiger partial charge in [-0.05, 0) is 30.9 Å². The molecule has 1 amide bonds. The van der Waals surface area contributed by atoms with Crippen LogP contribution in [0, 0.1) is 5.92 Å². The van der Waals surface area contributed by atoms with Gasteiger partial charge in [-0.15, -0.1) is 11.3 Å². The van der Waals surface area contributed by atoms with Gasteiger partial charge in [0.15, 0.2) is 0 Å². The number of carbonyl (C=O) groups is 1. The summed E-state index contributed by atoms with van der Waals surface area (Å²) in [5, 5.41) is 6.16. The van der Waals surface area contributed by atoms with Crippen molar-refractivity contribution < 1.29 is 9.53 Å². The first-order chi connectivity index (χ1) is 11.6. The molecule has 24 heavy (non-hydrogen) atoms. The van der Waals surface area contributed by atoms with E-state index in [2.05, 4.69) is 24.1 Å². The fourth-order valence-corrected chi connectivity index (χ4v) is 3.91. The second-order valence-electron chi connectivity index (χ2n) is 6.75. The van der Waals surface area contributed by atoms with Crippen molar-refractivity contribution in [2.24, 2.45) is 5.92 Å². The minimum atomic E-state index is -0.0245. The molecule has 0 unspecified atom stereocenters. The maximum atomic E-state index is 12.5. The fourth-order valence-electron chi connectivity index (χ4n) is 3.22. The molecular weight excluding hydrogens is 320 g/mol. The number of benzene rings is 1.